The fourth-order valence-corrected chi connectivity index (χ4v) is 1.95. The summed E-state index contributed by atoms with van der Waals surface area (Å²) in [5.74, 6) is 0.0765. The lowest BCUT2D eigenvalue weighted by molar-refractivity contribution is -0.129. The standard InChI is InChI=1S/C12H16N2O2.2C2H6/c1-9-10(3-2-5-13-9)7-12(16)14-6-4-11(15)8-14;2*1-2/h2-3,5,11,15H,4,6-8H2,1H3;2*1-2H3. The molecule has 20 heavy (non-hydrogen) atoms. The number of carbonyl (C=O) groups excluding carboxylic acids is 1. The van der Waals surface area contributed by atoms with Crippen LogP contribution in [0.25, 0.3) is 0 Å². The Bertz CT molecular complexity index is 394. The molecule has 1 amide bonds. The molecule has 0 saturated carbocycles. The highest BCUT2D eigenvalue weighted by molar-refractivity contribution is 5.79. The van der Waals surface area contributed by atoms with Gasteiger partial charge in [-0.05, 0) is 25.0 Å². The van der Waals surface area contributed by atoms with Crippen molar-refractivity contribution in [2.75, 3.05) is 13.1 Å². The summed E-state index contributed by atoms with van der Waals surface area (Å²) in [7, 11) is 0. The molecule has 1 aromatic rings. The summed E-state index contributed by atoms with van der Waals surface area (Å²) in [6, 6.07) is 3.77. The van der Waals surface area contributed by atoms with Crippen LogP contribution in [0.2, 0.25) is 0 Å². The van der Waals surface area contributed by atoms with E-state index in [9.17, 15) is 9.90 Å². The lowest BCUT2D eigenvalue weighted by Crippen LogP contribution is -2.31. The van der Waals surface area contributed by atoms with E-state index >= 15 is 0 Å². The molecule has 4 heteroatoms. The second-order valence-electron chi connectivity index (χ2n) is 4.21. The van der Waals surface area contributed by atoms with Crippen LogP contribution in [-0.4, -0.2) is 40.1 Å². The SMILES string of the molecule is CC.CC.Cc1ncccc1CC(=O)N1CCC(O)C1. The van der Waals surface area contributed by atoms with Crippen LogP contribution >= 0.6 is 0 Å². The zero-order valence-corrected chi connectivity index (χ0v) is 13.4. The number of carbonyl (C=O) groups is 1. The average molecular weight is 280 g/mol. The summed E-state index contributed by atoms with van der Waals surface area (Å²) in [4.78, 5) is 17.8. The van der Waals surface area contributed by atoms with E-state index in [1.54, 1.807) is 11.1 Å². The van der Waals surface area contributed by atoms with Gasteiger partial charge in [0.1, 0.15) is 0 Å². The molecular formula is C16H28N2O2. The van der Waals surface area contributed by atoms with E-state index in [0.717, 1.165) is 11.3 Å². The Balaban J connectivity index is 0.000000829. The second-order valence-corrected chi connectivity index (χ2v) is 4.21. The fraction of sp³-hybridized carbons (Fsp3) is 0.625. The van der Waals surface area contributed by atoms with E-state index in [-0.39, 0.29) is 12.0 Å². The van der Waals surface area contributed by atoms with Gasteiger partial charge in [0.2, 0.25) is 5.91 Å². The van der Waals surface area contributed by atoms with E-state index in [1.807, 2.05) is 46.8 Å². The minimum Gasteiger partial charge on any atom is -0.391 e. The first kappa shape index (κ1) is 18.6. The van der Waals surface area contributed by atoms with Crippen LogP contribution in [0.3, 0.4) is 0 Å². The van der Waals surface area contributed by atoms with Gasteiger partial charge < -0.3 is 10.0 Å². The number of rotatable bonds is 2. The van der Waals surface area contributed by atoms with Gasteiger partial charge in [-0.15, -0.1) is 0 Å². The van der Waals surface area contributed by atoms with Crippen molar-refractivity contribution in [3.05, 3.63) is 29.6 Å². The first-order chi connectivity index (χ1) is 9.66. The topological polar surface area (TPSA) is 53.4 Å². The molecule has 0 bridgehead atoms. The predicted octanol–water partition coefficient (Wildman–Crippen LogP) is 2.58. The van der Waals surface area contributed by atoms with Crippen LogP contribution in [0.15, 0.2) is 18.3 Å². The number of nitrogens with zero attached hydrogens (tertiary/aromatic N) is 2. The van der Waals surface area contributed by atoms with Crippen molar-refractivity contribution >= 4 is 5.91 Å². The maximum atomic E-state index is 11.9. The number of pyridine rings is 1. The van der Waals surface area contributed by atoms with Gasteiger partial charge in [0.05, 0.1) is 12.5 Å². The number of β-amino-alcohol motifs (C(OH)–C–C–N with tert-alkyl or cyclic N) is 1. The lowest BCUT2D eigenvalue weighted by atomic mass is 10.1. The van der Waals surface area contributed by atoms with Crippen molar-refractivity contribution < 1.29 is 9.90 Å². The molecule has 2 rings (SSSR count). The number of aliphatic hydroxyl groups is 1. The minimum absolute atomic E-state index is 0.0765. The molecule has 0 radical (unpaired) electrons. The zero-order valence-electron chi connectivity index (χ0n) is 13.4. The van der Waals surface area contributed by atoms with Gasteiger partial charge in [-0.2, -0.15) is 0 Å². The van der Waals surface area contributed by atoms with Gasteiger partial charge in [0.25, 0.3) is 0 Å². The minimum atomic E-state index is -0.348. The van der Waals surface area contributed by atoms with Crippen LogP contribution in [0.4, 0.5) is 0 Å². The van der Waals surface area contributed by atoms with Crippen molar-refractivity contribution in [1.29, 1.82) is 0 Å². The number of likely N-dealkylation sites (tertiary alicyclic amines) is 1. The molecule has 1 aliphatic heterocycles. The van der Waals surface area contributed by atoms with Crippen LogP contribution in [0, 0.1) is 6.92 Å². The van der Waals surface area contributed by atoms with Gasteiger partial charge >= 0.3 is 0 Å². The van der Waals surface area contributed by atoms with E-state index < -0.39 is 0 Å². The molecular weight excluding hydrogens is 252 g/mol. The highest BCUT2D eigenvalue weighted by atomic mass is 16.3. The van der Waals surface area contributed by atoms with Gasteiger partial charge in [-0.1, -0.05) is 33.8 Å². The number of hydrogen-bond acceptors (Lipinski definition) is 3. The molecule has 1 unspecified atom stereocenters. The zero-order chi connectivity index (χ0) is 15.5. The molecule has 1 aliphatic rings. The molecule has 1 saturated heterocycles. The predicted molar refractivity (Wildman–Crippen MR) is 82.6 cm³/mol. The molecule has 0 spiro atoms. The van der Waals surface area contributed by atoms with E-state index in [1.165, 1.54) is 0 Å². The Hall–Kier alpha value is -1.42. The second kappa shape index (κ2) is 10.4. The van der Waals surface area contributed by atoms with Crippen molar-refractivity contribution in [1.82, 2.24) is 9.88 Å². The molecule has 1 N–H and O–H groups in total. The van der Waals surface area contributed by atoms with Crippen LogP contribution in [0.5, 0.6) is 0 Å². The van der Waals surface area contributed by atoms with Gasteiger partial charge in [-0.25, -0.2) is 0 Å². The smallest absolute Gasteiger partial charge is 0.227 e. The van der Waals surface area contributed by atoms with Crippen molar-refractivity contribution in [3.8, 4) is 0 Å². The Morgan fingerprint density at radius 2 is 2.05 bits per heavy atom. The maximum absolute atomic E-state index is 11.9. The largest absolute Gasteiger partial charge is 0.391 e. The summed E-state index contributed by atoms with van der Waals surface area (Å²) < 4.78 is 0. The quantitative estimate of drug-likeness (QED) is 0.906. The van der Waals surface area contributed by atoms with E-state index in [2.05, 4.69) is 4.98 Å². The normalized spacial score (nSPS) is 16.7. The van der Waals surface area contributed by atoms with Gasteiger partial charge in [0.15, 0.2) is 0 Å². The van der Waals surface area contributed by atoms with E-state index in [4.69, 9.17) is 0 Å². The summed E-state index contributed by atoms with van der Waals surface area (Å²) in [5, 5.41) is 9.36. The Morgan fingerprint density at radius 3 is 2.55 bits per heavy atom. The van der Waals surface area contributed by atoms with Crippen LogP contribution < -0.4 is 0 Å². The number of aryl methyl sites for hydroxylation is 1. The highest BCUT2D eigenvalue weighted by Crippen LogP contribution is 2.12. The number of hydrogen-bond donors (Lipinski definition) is 1. The molecule has 114 valence electrons. The summed E-state index contributed by atoms with van der Waals surface area (Å²) in [6.07, 6.45) is 2.45. The van der Waals surface area contributed by atoms with Crippen LogP contribution in [0.1, 0.15) is 45.4 Å². The third-order valence-electron chi connectivity index (χ3n) is 2.97. The maximum Gasteiger partial charge on any atom is 0.227 e. The Morgan fingerprint density at radius 1 is 1.40 bits per heavy atom. The van der Waals surface area contributed by atoms with Gasteiger partial charge in [0, 0.05) is 25.0 Å². The third-order valence-corrected chi connectivity index (χ3v) is 2.97. The monoisotopic (exact) mass is 280 g/mol. The number of aromatic nitrogens is 1. The first-order valence-corrected chi connectivity index (χ1v) is 7.53. The number of amides is 1. The average Bonchev–Trinajstić information content (AvgIpc) is 2.92. The van der Waals surface area contributed by atoms with Crippen molar-refractivity contribution in [2.24, 2.45) is 0 Å². The fourth-order valence-electron chi connectivity index (χ4n) is 1.95. The highest BCUT2D eigenvalue weighted by Gasteiger charge is 2.24. The van der Waals surface area contributed by atoms with Crippen molar-refractivity contribution in [3.63, 3.8) is 0 Å². The number of aliphatic hydroxyl groups excluding tert-OH is 1. The summed E-state index contributed by atoms with van der Waals surface area (Å²) in [6.45, 7) is 11.0. The molecule has 4 nitrogen and oxygen atoms in total. The lowest BCUT2D eigenvalue weighted by Gasteiger charge is -2.15. The molecule has 1 fully saturated rings. The first-order valence-electron chi connectivity index (χ1n) is 7.53. The third kappa shape index (κ3) is 5.70. The Labute approximate surface area is 122 Å². The molecule has 2 heterocycles. The summed E-state index contributed by atoms with van der Waals surface area (Å²) in [5.41, 5.74) is 1.87. The summed E-state index contributed by atoms with van der Waals surface area (Å²) >= 11 is 0. The Kier molecular flexibility index (Phi) is 9.64. The van der Waals surface area contributed by atoms with Crippen LogP contribution in [-0.2, 0) is 11.2 Å². The van der Waals surface area contributed by atoms with Gasteiger partial charge in [-0.3, -0.25) is 9.78 Å². The van der Waals surface area contributed by atoms with Crippen molar-refractivity contribution in [2.45, 2.75) is 53.6 Å². The molecule has 1 aromatic heterocycles. The molecule has 1 atom stereocenters. The molecule has 0 aliphatic carbocycles. The van der Waals surface area contributed by atoms with E-state index in [0.29, 0.717) is 25.9 Å². The molecule has 0 aromatic carbocycles.